The fourth-order valence-corrected chi connectivity index (χ4v) is 4.60. The fourth-order valence-electron chi connectivity index (χ4n) is 2.60. The highest BCUT2D eigenvalue weighted by Crippen LogP contribution is 2.22. The summed E-state index contributed by atoms with van der Waals surface area (Å²) in [6.07, 6.45) is 4.64. The Morgan fingerprint density at radius 3 is 2.81 bits per heavy atom. The number of nitrogens with zero attached hydrogens (tertiary/aromatic N) is 3. The van der Waals surface area contributed by atoms with Gasteiger partial charge in [-0.3, -0.25) is 14.5 Å². The highest BCUT2D eigenvalue weighted by atomic mass is 32.2. The molecule has 1 aliphatic heterocycles. The van der Waals surface area contributed by atoms with E-state index < -0.39 is 10.0 Å². The Bertz CT molecular complexity index is 1000. The molecule has 2 aromatic rings. The number of hydrogen-bond acceptors (Lipinski definition) is 5. The summed E-state index contributed by atoms with van der Waals surface area (Å²) < 4.78 is 28.3. The summed E-state index contributed by atoms with van der Waals surface area (Å²) in [6.45, 7) is 0.511. The Hall–Kier alpha value is -2.26. The van der Waals surface area contributed by atoms with E-state index >= 15 is 0 Å². The largest absolute Gasteiger partial charge is 0.327 e. The van der Waals surface area contributed by atoms with E-state index in [9.17, 15) is 13.2 Å². The van der Waals surface area contributed by atoms with Gasteiger partial charge in [0.25, 0.3) is 10.0 Å². The molecule has 0 saturated heterocycles. The van der Waals surface area contributed by atoms with Crippen LogP contribution in [0.1, 0.15) is 31.2 Å². The molecule has 1 aromatic carbocycles. The molecule has 0 bridgehead atoms. The van der Waals surface area contributed by atoms with E-state index in [1.54, 1.807) is 24.3 Å². The van der Waals surface area contributed by atoms with Gasteiger partial charge in [-0.05, 0) is 25.0 Å². The van der Waals surface area contributed by atoms with Crippen molar-refractivity contribution in [2.75, 3.05) is 6.54 Å². The number of amidine groups is 1. The van der Waals surface area contributed by atoms with Crippen LogP contribution in [0.15, 0.2) is 50.7 Å². The smallest absolute Gasteiger partial charge is 0.263 e. The van der Waals surface area contributed by atoms with Crippen molar-refractivity contribution in [3.8, 4) is 0 Å². The van der Waals surface area contributed by atoms with Gasteiger partial charge < -0.3 is 4.57 Å². The molecule has 2 heterocycles. The first-order valence-corrected chi connectivity index (χ1v) is 10.7. The molecule has 7 nitrogen and oxygen atoms in total. The van der Waals surface area contributed by atoms with Gasteiger partial charge in [-0.1, -0.05) is 18.6 Å². The van der Waals surface area contributed by atoms with Crippen LogP contribution in [0.3, 0.4) is 0 Å². The van der Waals surface area contributed by atoms with Gasteiger partial charge in [-0.2, -0.15) is 4.99 Å². The van der Waals surface area contributed by atoms with Crippen LogP contribution in [0, 0.1) is 0 Å². The van der Waals surface area contributed by atoms with Crippen molar-refractivity contribution in [2.45, 2.75) is 30.6 Å². The molecule has 0 aliphatic carbocycles. The molecule has 0 radical (unpaired) electrons. The molecule has 1 amide bonds. The lowest BCUT2D eigenvalue weighted by atomic mass is 10.2. The number of nitrogens with one attached hydrogen (secondary N) is 1. The van der Waals surface area contributed by atoms with Gasteiger partial charge in [0.2, 0.25) is 5.91 Å². The van der Waals surface area contributed by atoms with E-state index in [0.717, 1.165) is 19.3 Å². The van der Waals surface area contributed by atoms with E-state index in [-0.39, 0.29) is 10.8 Å². The molecule has 138 valence electrons. The zero-order valence-corrected chi connectivity index (χ0v) is 16.0. The lowest BCUT2D eigenvalue weighted by Crippen LogP contribution is -2.22. The van der Waals surface area contributed by atoms with Crippen molar-refractivity contribution >= 4 is 33.1 Å². The van der Waals surface area contributed by atoms with Crippen molar-refractivity contribution in [1.29, 1.82) is 0 Å². The van der Waals surface area contributed by atoms with Gasteiger partial charge in [-0.25, -0.2) is 8.42 Å². The quantitative estimate of drug-likeness (QED) is 0.760. The fraction of sp³-hybridized carbons (Fsp3) is 0.353. The lowest BCUT2D eigenvalue weighted by Gasteiger charge is -2.00. The van der Waals surface area contributed by atoms with Gasteiger partial charge in [0.05, 0.1) is 4.90 Å². The maximum absolute atomic E-state index is 12.0. The first kappa shape index (κ1) is 18.5. The monoisotopic (exact) mass is 392 g/mol. The Kier molecular flexibility index (Phi) is 5.67. The number of rotatable bonds is 6. The number of sulfonamides is 1. The molecule has 1 N–H and O–H groups in total. The van der Waals surface area contributed by atoms with Crippen LogP contribution in [0.4, 0.5) is 0 Å². The molecule has 3 rings (SSSR count). The number of carbonyl (C=O) groups is 1. The van der Waals surface area contributed by atoms with Crippen molar-refractivity contribution in [3.05, 3.63) is 46.2 Å². The van der Waals surface area contributed by atoms with Crippen molar-refractivity contribution in [1.82, 2.24) is 9.29 Å². The van der Waals surface area contributed by atoms with Crippen LogP contribution in [0.5, 0.6) is 0 Å². The molecule has 1 aromatic heterocycles. The zero-order chi connectivity index (χ0) is 18.6. The summed E-state index contributed by atoms with van der Waals surface area (Å²) in [6, 6.07) is 6.80. The number of amides is 1. The highest BCUT2D eigenvalue weighted by Gasteiger charge is 2.29. The summed E-state index contributed by atoms with van der Waals surface area (Å²) in [5, 5.41) is 1.89. The second-order valence-corrected chi connectivity index (χ2v) is 8.47. The number of unbranched alkanes of at least 4 members (excludes halogenated alkanes) is 2. The summed E-state index contributed by atoms with van der Waals surface area (Å²) in [5.41, 5.74) is 0.616. The molecule has 0 atom stereocenters. The van der Waals surface area contributed by atoms with Crippen LogP contribution >= 0.6 is 11.3 Å². The Labute approximate surface area is 156 Å². The van der Waals surface area contributed by atoms with Crippen LogP contribution < -0.4 is 9.52 Å². The van der Waals surface area contributed by atoms with E-state index in [1.165, 1.54) is 11.3 Å². The first-order chi connectivity index (χ1) is 12.5. The minimum absolute atomic E-state index is 0.119. The zero-order valence-electron chi connectivity index (χ0n) is 14.4. The molecule has 26 heavy (non-hydrogen) atoms. The predicted molar refractivity (Wildman–Crippen MR) is 100 cm³/mol. The van der Waals surface area contributed by atoms with Gasteiger partial charge in [-0.15, -0.1) is 11.3 Å². The summed E-state index contributed by atoms with van der Waals surface area (Å²) >= 11 is 1.44. The molecule has 0 unspecified atom stereocenters. The second-order valence-electron chi connectivity index (χ2n) is 5.94. The number of thiazole rings is 1. The molecular formula is C17H20N4O3S2. The molecular weight excluding hydrogens is 372 g/mol. The number of hydrogen-bond donors (Lipinski definition) is 1. The number of aromatic nitrogens is 1. The van der Waals surface area contributed by atoms with E-state index in [1.807, 2.05) is 23.2 Å². The highest BCUT2D eigenvalue weighted by molar-refractivity contribution is 7.90. The summed E-state index contributed by atoms with van der Waals surface area (Å²) in [7, 11) is -1.62. The molecule has 0 spiro atoms. The Morgan fingerprint density at radius 2 is 2.04 bits per heavy atom. The normalized spacial score (nSPS) is 17.3. The van der Waals surface area contributed by atoms with E-state index in [4.69, 9.17) is 0 Å². The van der Waals surface area contributed by atoms with Gasteiger partial charge >= 0.3 is 0 Å². The number of aryl methyl sites for hydroxylation is 1. The van der Waals surface area contributed by atoms with E-state index in [2.05, 4.69) is 14.7 Å². The summed E-state index contributed by atoms with van der Waals surface area (Å²) in [4.78, 5) is 21.3. The average molecular weight is 393 g/mol. The molecule has 0 saturated carbocycles. The van der Waals surface area contributed by atoms with Gasteiger partial charge in [0, 0.05) is 37.2 Å². The minimum atomic E-state index is -3.48. The lowest BCUT2D eigenvalue weighted by molar-refractivity contribution is -0.118. The third kappa shape index (κ3) is 4.28. The second kappa shape index (κ2) is 7.96. The van der Waals surface area contributed by atoms with Crippen LogP contribution in [0.25, 0.3) is 0 Å². The number of aliphatic imine (C=N–C) groups is 1. The van der Waals surface area contributed by atoms with Gasteiger partial charge in [0.15, 0.2) is 4.80 Å². The average Bonchev–Trinajstić information content (AvgIpc) is 3.12. The molecule has 9 heteroatoms. The van der Waals surface area contributed by atoms with Crippen LogP contribution in [-0.4, -0.2) is 31.3 Å². The first-order valence-electron chi connectivity index (χ1n) is 8.32. The third-order valence-electron chi connectivity index (χ3n) is 3.96. The van der Waals surface area contributed by atoms with Crippen molar-refractivity contribution < 1.29 is 13.2 Å². The Morgan fingerprint density at radius 1 is 1.23 bits per heavy atom. The number of benzene rings is 1. The number of fused-ring (bicyclic) bond motifs is 1. The SMILES string of the molecule is Cn1ccsc1=NC(=O)CCCCCN=C1NS(=O)(=O)c2ccccc21. The Balaban J connectivity index is 1.46. The van der Waals surface area contributed by atoms with Crippen LogP contribution in [-0.2, 0) is 21.9 Å². The topological polar surface area (TPSA) is 92.9 Å². The van der Waals surface area contributed by atoms with Crippen molar-refractivity contribution in [3.63, 3.8) is 0 Å². The molecule has 0 fully saturated rings. The van der Waals surface area contributed by atoms with E-state index in [0.29, 0.717) is 29.2 Å². The van der Waals surface area contributed by atoms with Gasteiger partial charge in [0.1, 0.15) is 5.84 Å². The predicted octanol–water partition coefficient (Wildman–Crippen LogP) is 1.81. The van der Waals surface area contributed by atoms with Crippen LogP contribution in [0.2, 0.25) is 0 Å². The summed E-state index contributed by atoms with van der Waals surface area (Å²) in [5.74, 6) is 0.281. The maximum atomic E-state index is 12.0. The van der Waals surface area contributed by atoms with Crippen molar-refractivity contribution in [2.24, 2.45) is 17.0 Å². The maximum Gasteiger partial charge on any atom is 0.263 e. The third-order valence-corrected chi connectivity index (χ3v) is 6.21. The molecule has 1 aliphatic rings. The number of carbonyl (C=O) groups excluding carboxylic acids is 1. The standard InChI is InChI=1S/C17H20N4O3S2/c1-21-11-12-25-17(21)19-15(22)9-3-2-6-10-18-16-13-7-4-5-8-14(13)26(23,24)20-16/h4-5,7-8,11-12H,2-3,6,9-10H2,1H3,(H,18,20). The minimum Gasteiger partial charge on any atom is -0.327 e.